The first kappa shape index (κ1) is 7.50. The molecule has 1 aromatic heterocycles. The van der Waals surface area contributed by atoms with Gasteiger partial charge in [-0.1, -0.05) is 0 Å². The summed E-state index contributed by atoms with van der Waals surface area (Å²) in [6.45, 7) is 0. The van der Waals surface area contributed by atoms with E-state index in [1.807, 2.05) is 0 Å². The Morgan fingerprint density at radius 1 is 1.90 bits per heavy atom. The summed E-state index contributed by atoms with van der Waals surface area (Å²) < 4.78 is 0. The lowest BCUT2D eigenvalue weighted by Gasteiger charge is -1.94. The Morgan fingerprint density at radius 3 is 3.20 bits per heavy atom. The number of alkyl halides is 1. The maximum Gasteiger partial charge on any atom is 0.239 e. The van der Waals surface area contributed by atoms with E-state index in [9.17, 15) is 4.79 Å². The van der Waals surface area contributed by atoms with Gasteiger partial charge in [0.15, 0.2) is 0 Å². The Bertz CT molecular complexity index is 211. The van der Waals surface area contributed by atoms with E-state index >= 15 is 0 Å². The van der Waals surface area contributed by atoms with Gasteiger partial charge in [-0.15, -0.1) is 22.9 Å². The van der Waals surface area contributed by atoms with Gasteiger partial charge in [-0.25, -0.2) is 0 Å². The Morgan fingerprint density at radius 2 is 2.70 bits per heavy atom. The zero-order valence-corrected chi connectivity index (χ0v) is 6.58. The van der Waals surface area contributed by atoms with Crippen LogP contribution < -0.4 is 5.32 Å². The van der Waals surface area contributed by atoms with E-state index in [4.69, 9.17) is 11.6 Å². The number of thiazole rings is 1. The van der Waals surface area contributed by atoms with Crippen molar-refractivity contribution in [3.63, 3.8) is 0 Å². The lowest BCUT2D eigenvalue weighted by Crippen LogP contribution is -2.11. The normalized spacial score (nSPS) is 9.30. The Hall–Kier alpha value is -0.610. The van der Waals surface area contributed by atoms with E-state index in [0.29, 0.717) is 0 Å². The van der Waals surface area contributed by atoms with Crippen LogP contribution in [0.15, 0.2) is 11.7 Å². The van der Waals surface area contributed by atoms with Crippen molar-refractivity contribution in [1.82, 2.24) is 4.98 Å². The molecule has 3 nitrogen and oxygen atoms in total. The van der Waals surface area contributed by atoms with E-state index in [1.54, 1.807) is 11.7 Å². The van der Waals surface area contributed by atoms with E-state index in [1.165, 1.54) is 11.3 Å². The smallest absolute Gasteiger partial charge is 0.239 e. The second-order valence-corrected chi connectivity index (χ2v) is 2.70. The second kappa shape index (κ2) is 3.53. The zero-order chi connectivity index (χ0) is 7.40. The molecule has 54 valence electrons. The molecule has 1 heterocycles. The highest BCUT2D eigenvalue weighted by Gasteiger charge is 1.98. The number of halogens is 1. The largest absolute Gasteiger partial charge is 0.315 e. The fourth-order valence-corrected chi connectivity index (χ4v) is 1.04. The molecule has 1 amide bonds. The van der Waals surface area contributed by atoms with Gasteiger partial charge in [0.2, 0.25) is 5.91 Å². The molecule has 0 aromatic carbocycles. The molecular weight excluding hydrogens is 172 g/mol. The molecule has 5 heteroatoms. The highest BCUT2D eigenvalue weighted by atomic mass is 35.5. The molecule has 10 heavy (non-hydrogen) atoms. The van der Waals surface area contributed by atoms with Crippen molar-refractivity contribution in [3.05, 3.63) is 11.7 Å². The number of hydrogen-bond donors (Lipinski definition) is 1. The summed E-state index contributed by atoms with van der Waals surface area (Å²) in [5.41, 5.74) is 1.64. The molecule has 0 saturated heterocycles. The molecular formula is C5H5ClN2OS. The minimum Gasteiger partial charge on any atom is -0.315 e. The topological polar surface area (TPSA) is 42.0 Å². The van der Waals surface area contributed by atoms with Gasteiger partial charge in [0.05, 0.1) is 11.7 Å². The fraction of sp³-hybridized carbons (Fsp3) is 0.200. The molecule has 0 radical (unpaired) electrons. The highest BCUT2D eigenvalue weighted by molar-refractivity contribution is 7.14. The van der Waals surface area contributed by atoms with E-state index in [0.717, 1.165) is 5.00 Å². The molecule has 1 rings (SSSR count). The standard InChI is InChI=1S/C5H5ClN2OS/c6-1-4(9)8-5-2-7-3-10-5/h2-3H,1H2,(H,8,9). The lowest BCUT2D eigenvalue weighted by molar-refractivity contribution is -0.113. The summed E-state index contributed by atoms with van der Waals surface area (Å²) >= 11 is 6.61. The molecule has 1 N–H and O–H groups in total. The lowest BCUT2D eigenvalue weighted by atomic mass is 10.7. The predicted molar refractivity (Wildman–Crippen MR) is 41.5 cm³/mol. The van der Waals surface area contributed by atoms with Crippen molar-refractivity contribution in [2.24, 2.45) is 0 Å². The molecule has 0 aliphatic heterocycles. The Labute approximate surface area is 67.0 Å². The van der Waals surface area contributed by atoms with E-state index < -0.39 is 0 Å². The van der Waals surface area contributed by atoms with Gasteiger partial charge < -0.3 is 5.32 Å². The summed E-state index contributed by atoms with van der Waals surface area (Å²) in [6.07, 6.45) is 1.58. The molecule has 0 bridgehead atoms. The maximum atomic E-state index is 10.6. The zero-order valence-electron chi connectivity index (χ0n) is 5.00. The quantitative estimate of drug-likeness (QED) is 0.691. The maximum absolute atomic E-state index is 10.6. The minimum absolute atomic E-state index is 0.0160. The summed E-state index contributed by atoms with van der Waals surface area (Å²) in [6, 6.07) is 0. The van der Waals surface area contributed by atoms with Crippen molar-refractivity contribution in [3.8, 4) is 0 Å². The average Bonchev–Trinajstić information content (AvgIpc) is 2.40. The number of rotatable bonds is 2. The van der Waals surface area contributed by atoms with Gasteiger partial charge in [-0.2, -0.15) is 0 Å². The first-order valence-corrected chi connectivity index (χ1v) is 3.98. The van der Waals surface area contributed by atoms with Crippen LogP contribution in [0.1, 0.15) is 0 Å². The number of carbonyl (C=O) groups is 1. The Kier molecular flexibility index (Phi) is 2.65. The molecule has 1 aromatic rings. The van der Waals surface area contributed by atoms with Gasteiger partial charge in [-0.3, -0.25) is 9.78 Å². The monoisotopic (exact) mass is 176 g/mol. The number of aromatic nitrogens is 1. The number of anilines is 1. The van der Waals surface area contributed by atoms with Crippen molar-refractivity contribution in [1.29, 1.82) is 0 Å². The van der Waals surface area contributed by atoms with Crippen LogP contribution in [0, 0.1) is 0 Å². The van der Waals surface area contributed by atoms with Gasteiger partial charge >= 0.3 is 0 Å². The molecule has 0 fully saturated rings. The van der Waals surface area contributed by atoms with Gasteiger partial charge in [0.1, 0.15) is 10.9 Å². The fourth-order valence-electron chi connectivity index (χ4n) is 0.448. The third kappa shape index (κ3) is 1.97. The van der Waals surface area contributed by atoms with Crippen molar-refractivity contribution in [2.45, 2.75) is 0 Å². The van der Waals surface area contributed by atoms with Crippen LogP contribution >= 0.6 is 22.9 Å². The molecule has 0 aliphatic rings. The van der Waals surface area contributed by atoms with Crippen molar-refractivity contribution >= 4 is 33.8 Å². The number of nitrogens with one attached hydrogen (secondary N) is 1. The van der Waals surface area contributed by atoms with Crippen molar-refractivity contribution < 1.29 is 4.79 Å². The molecule has 0 saturated carbocycles. The SMILES string of the molecule is O=C(CCl)Nc1cncs1. The number of nitrogens with zero attached hydrogens (tertiary/aromatic N) is 1. The summed E-state index contributed by atoms with van der Waals surface area (Å²) in [7, 11) is 0. The van der Waals surface area contributed by atoms with Crippen LogP contribution in [-0.2, 0) is 4.79 Å². The Balaban J connectivity index is 2.48. The molecule has 0 unspecified atom stereocenters. The predicted octanol–water partition coefficient (Wildman–Crippen LogP) is 1.32. The van der Waals surface area contributed by atoms with E-state index in [-0.39, 0.29) is 11.8 Å². The van der Waals surface area contributed by atoms with Gasteiger partial charge in [-0.05, 0) is 0 Å². The van der Waals surface area contributed by atoms with E-state index in [2.05, 4.69) is 10.3 Å². The van der Waals surface area contributed by atoms with Gasteiger partial charge in [0, 0.05) is 0 Å². The van der Waals surface area contributed by atoms with Crippen LogP contribution in [0.5, 0.6) is 0 Å². The van der Waals surface area contributed by atoms with Crippen molar-refractivity contribution in [2.75, 3.05) is 11.2 Å². The first-order valence-electron chi connectivity index (χ1n) is 2.57. The second-order valence-electron chi connectivity index (χ2n) is 1.55. The van der Waals surface area contributed by atoms with Crippen LogP contribution in [-0.4, -0.2) is 16.8 Å². The number of hydrogen-bond acceptors (Lipinski definition) is 3. The van der Waals surface area contributed by atoms with Crippen LogP contribution in [0.2, 0.25) is 0 Å². The molecule has 0 aliphatic carbocycles. The van der Waals surface area contributed by atoms with Crippen LogP contribution in [0.25, 0.3) is 0 Å². The minimum atomic E-state index is -0.203. The summed E-state index contributed by atoms with van der Waals surface area (Å²) in [5.74, 6) is -0.219. The number of amides is 1. The third-order valence-corrected chi connectivity index (χ3v) is 1.75. The van der Waals surface area contributed by atoms with Crippen LogP contribution in [0.3, 0.4) is 0 Å². The first-order chi connectivity index (χ1) is 4.83. The third-order valence-electron chi connectivity index (χ3n) is 0.816. The van der Waals surface area contributed by atoms with Gasteiger partial charge in [0.25, 0.3) is 0 Å². The molecule has 0 spiro atoms. The highest BCUT2D eigenvalue weighted by Crippen LogP contribution is 2.11. The van der Waals surface area contributed by atoms with Crippen LogP contribution in [0.4, 0.5) is 5.00 Å². The summed E-state index contributed by atoms with van der Waals surface area (Å²) in [4.78, 5) is 14.4. The summed E-state index contributed by atoms with van der Waals surface area (Å²) in [5, 5.41) is 3.28. The number of carbonyl (C=O) groups excluding carboxylic acids is 1. The molecule has 0 atom stereocenters. The average molecular weight is 177 g/mol.